The summed E-state index contributed by atoms with van der Waals surface area (Å²) < 4.78 is 49.6. The fourth-order valence-corrected chi connectivity index (χ4v) is 3.15. The lowest BCUT2D eigenvalue weighted by molar-refractivity contribution is -0.147. The van der Waals surface area contributed by atoms with E-state index in [4.69, 9.17) is 56.2 Å². The number of aromatic nitrogens is 3. The third kappa shape index (κ3) is 4.69. The highest BCUT2D eigenvalue weighted by molar-refractivity contribution is 7.71. The van der Waals surface area contributed by atoms with Gasteiger partial charge in [0.25, 0.3) is 5.82 Å². The first-order valence-electron chi connectivity index (χ1n) is 7.30. The number of halogens is 6. The molecule has 148 valence electrons. The van der Waals surface area contributed by atoms with E-state index in [1.807, 2.05) is 5.10 Å². The first kappa shape index (κ1) is 20.7. The van der Waals surface area contributed by atoms with Gasteiger partial charge in [-0.05, 0) is 36.5 Å². The molecule has 0 aliphatic carbocycles. The van der Waals surface area contributed by atoms with Crippen LogP contribution in [0, 0.1) is 4.77 Å². The summed E-state index contributed by atoms with van der Waals surface area (Å²) in [5.74, 6) is -0.534. The standard InChI is InChI=1S/C15H8Cl3F3N4O2S/c16-7-3-10(17)12(11(18)4-7)26-6-9-2-1-8(27-9)5-22-25-13(15(19,20)21)23-24-14(25)28/h1-5H,6H2,(H,24,28). The summed E-state index contributed by atoms with van der Waals surface area (Å²) in [6, 6.07) is 5.98. The first-order valence-corrected chi connectivity index (χ1v) is 8.84. The zero-order valence-corrected chi connectivity index (χ0v) is 16.5. The third-order valence-corrected chi connectivity index (χ3v) is 4.25. The quantitative estimate of drug-likeness (QED) is 0.367. The predicted molar refractivity (Wildman–Crippen MR) is 99.9 cm³/mol. The summed E-state index contributed by atoms with van der Waals surface area (Å²) in [7, 11) is 0. The van der Waals surface area contributed by atoms with E-state index in [1.54, 1.807) is 6.07 Å². The molecule has 0 aliphatic rings. The van der Waals surface area contributed by atoms with E-state index in [1.165, 1.54) is 18.2 Å². The predicted octanol–water partition coefficient (Wildman–Crippen LogP) is 5.97. The SMILES string of the molecule is FC(F)(F)c1n[nH]c(=S)n1N=Cc1ccc(COc2c(Cl)cc(Cl)cc2Cl)o1. The number of nitrogens with one attached hydrogen (secondary N) is 1. The van der Waals surface area contributed by atoms with Crippen molar-refractivity contribution < 1.29 is 22.3 Å². The Balaban J connectivity index is 1.73. The Hall–Kier alpha value is -2.01. The average molecular weight is 472 g/mol. The number of H-pyrrole nitrogens is 1. The molecule has 0 spiro atoms. The molecule has 0 atom stereocenters. The van der Waals surface area contributed by atoms with Crippen LogP contribution in [-0.2, 0) is 12.8 Å². The molecule has 0 amide bonds. The maximum Gasteiger partial charge on any atom is 0.453 e. The molecule has 0 fully saturated rings. The van der Waals surface area contributed by atoms with Gasteiger partial charge in [-0.3, -0.25) is 0 Å². The Bertz CT molecular complexity index is 1070. The summed E-state index contributed by atoms with van der Waals surface area (Å²) in [5.41, 5.74) is 0. The minimum Gasteiger partial charge on any atom is -0.483 e. The Morgan fingerprint density at radius 1 is 1.25 bits per heavy atom. The lowest BCUT2D eigenvalue weighted by Crippen LogP contribution is -2.12. The minimum absolute atomic E-state index is 0.0339. The van der Waals surface area contributed by atoms with Crippen molar-refractivity contribution in [2.75, 3.05) is 0 Å². The van der Waals surface area contributed by atoms with Crippen molar-refractivity contribution >= 4 is 53.2 Å². The van der Waals surface area contributed by atoms with Crippen LogP contribution >= 0.6 is 47.0 Å². The molecular formula is C15H8Cl3F3N4O2S. The molecule has 2 heterocycles. The van der Waals surface area contributed by atoms with Gasteiger partial charge in [0.1, 0.15) is 18.1 Å². The van der Waals surface area contributed by atoms with Crippen molar-refractivity contribution in [1.82, 2.24) is 14.9 Å². The molecule has 3 rings (SSSR count). The highest BCUT2D eigenvalue weighted by Gasteiger charge is 2.37. The van der Waals surface area contributed by atoms with E-state index < -0.39 is 12.0 Å². The van der Waals surface area contributed by atoms with Crippen molar-refractivity contribution in [3.8, 4) is 5.75 Å². The number of benzene rings is 1. The number of furan rings is 1. The van der Waals surface area contributed by atoms with Crippen LogP contribution in [-0.4, -0.2) is 21.1 Å². The molecule has 1 aromatic carbocycles. The van der Waals surface area contributed by atoms with Crippen molar-refractivity contribution in [2.24, 2.45) is 5.10 Å². The summed E-state index contributed by atoms with van der Waals surface area (Å²) >= 11 is 22.6. The number of ether oxygens (including phenoxy) is 1. The second kappa shape index (κ2) is 8.16. The van der Waals surface area contributed by atoms with Gasteiger partial charge in [0.15, 0.2) is 5.75 Å². The van der Waals surface area contributed by atoms with Crippen LogP contribution in [0.25, 0.3) is 0 Å². The molecular weight excluding hydrogens is 464 g/mol. The van der Waals surface area contributed by atoms with Gasteiger partial charge in [-0.25, -0.2) is 5.10 Å². The van der Waals surface area contributed by atoms with Crippen LogP contribution in [0.1, 0.15) is 17.3 Å². The number of hydrogen-bond donors (Lipinski definition) is 1. The van der Waals surface area contributed by atoms with Crippen LogP contribution in [0.4, 0.5) is 13.2 Å². The molecule has 3 aromatic rings. The van der Waals surface area contributed by atoms with Crippen molar-refractivity contribution in [3.05, 3.63) is 61.4 Å². The average Bonchev–Trinajstić information content (AvgIpc) is 3.18. The van der Waals surface area contributed by atoms with Crippen molar-refractivity contribution in [2.45, 2.75) is 12.8 Å². The molecule has 2 aromatic heterocycles. The summed E-state index contributed by atoms with van der Waals surface area (Å²) in [6.07, 6.45) is -3.66. The van der Waals surface area contributed by atoms with Crippen molar-refractivity contribution in [3.63, 3.8) is 0 Å². The third-order valence-electron chi connectivity index (χ3n) is 3.21. The number of nitrogens with zero attached hydrogens (tertiary/aromatic N) is 3. The number of hydrogen-bond acceptors (Lipinski definition) is 5. The molecule has 0 bridgehead atoms. The monoisotopic (exact) mass is 470 g/mol. The van der Waals surface area contributed by atoms with E-state index in [0.29, 0.717) is 15.5 Å². The lowest BCUT2D eigenvalue weighted by Gasteiger charge is -2.08. The van der Waals surface area contributed by atoms with Crippen molar-refractivity contribution in [1.29, 1.82) is 0 Å². The number of alkyl halides is 3. The highest BCUT2D eigenvalue weighted by Crippen LogP contribution is 2.36. The molecule has 0 radical (unpaired) electrons. The van der Waals surface area contributed by atoms with Gasteiger partial charge < -0.3 is 9.15 Å². The number of rotatable bonds is 5. The first-order chi connectivity index (χ1) is 13.1. The molecule has 0 unspecified atom stereocenters. The molecule has 0 saturated heterocycles. The second-order valence-electron chi connectivity index (χ2n) is 5.20. The fourth-order valence-electron chi connectivity index (χ4n) is 2.05. The highest BCUT2D eigenvalue weighted by atomic mass is 35.5. The van der Waals surface area contributed by atoms with Crippen LogP contribution in [0.3, 0.4) is 0 Å². The van der Waals surface area contributed by atoms with Gasteiger partial charge in [0, 0.05) is 5.02 Å². The molecule has 0 saturated carbocycles. The molecule has 6 nitrogen and oxygen atoms in total. The second-order valence-corrected chi connectivity index (χ2v) is 6.84. The molecule has 0 aliphatic heterocycles. The Kier molecular flexibility index (Phi) is 6.04. The maximum absolute atomic E-state index is 12.9. The normalized spacial score (nSPS) is 12.1. The maximum atomic E-state index is 12.9. The van der Waals surface area contributed by atoms with E-state index in [2.05, 4.69) is 10.2 Å². The van der Waals surface area contributed by atoms with Gasteiger partial charge in [0.05, 0.1) is 16.3 Å². The largest absolute Gasteiger partial charge is 0.483 e. The Labute approximate surface area is 175 Å². The van der Waals surface area contributed by atoms with Crippen LogP contribution in [0.15, 0.2) is 33.8 Å². The Morgan fingerprint density at radius 2 is 1.93 bits per heavy atom. The smallest absolute Gasteiger partial charge is 0.453 e. The van der Waals surface area contributed by atoms with E-state index >= 15 is 0 Å². The Morgan fingerprint density at radius 3 is 2.57 bits per heavy atom. The van der Waals surface area contributed by atoms with Gasteiger partial charge in [-0.15, -0.1) is 5.10 Å². The van der Waals surface area contributed by atoms with Crippen LogP contribution < -0.4 is 4.74 Å². The fraction of sp³-hybridized carbons (Fsp3) is 0.133. The van der Waals surface area contributed by atoms with Gasteiger partial charge in [-0.1, -0.05) is 34.8 Å². The van der Waals surface area contributed by atoms with Crippen LogP contribution in [0.2, 0.25) is 15.1 Å². The summed E-state index contributed by atoms with van der Waals surface area (Å²) in [5, 5.41) is 9.60. The zero-order valence-electron chi connectivity index (χ0n) is 13.4. The number of aromatic amines is 1. The van der Waals surface area contributed by atoms with E-state index in [0.717, 1.165) is 6.21 Å². The topological polar surface area (TPSA) is 68.3 Å². The van der Waals surface area contributed by atoms with Gasteiger partial charge >= 0.3 is 6.18 Å². The molecule has 1 N–H and O–H groups in total. The lowest BCUT2D eigenvalue weighted by atomic mass is 10.3. The van der Waals surface area contributed by atoms with E-state index in [-0.39, 0.29) is 32.9 Å². The summed E-state index contributed by atoms with van der Waals surface area (Å²) in [4.78, 5) is 0. The summed E-state index contributed by atoms with van der Waals surface area (Å²) in [6.45, 7) is -0.0339. The van der Waals surface area contributed by atoms with Gasteiger partial charge in [0.2, 0.25) is 4.77 Å². The zero-order chi connectivity index (χ0) is 20.5. The van der Waals surface area contributed by atoms with Crippen LogP contribution in [0.5, 0.6) is 5.75 Å². The van der Waals surface area contributed by atoms with Gasteiger partial charge in [-0.2, -0.15) is 22.9 Å². The van der Waals surface area contributed by atoms with E-state index in [9.17, 15) is 13.2 Å². The molecule has 13 heteroatoms. The minimum atomic E-state index is -4.72. The molecule has 28 heavy (non-hydrogen) atoms.